The fourth-order valence-electron chi connectivity index (χ4n) is 3.96. The summed E-state index contributed by atoms with van der Waals surface area (Å²) >= 11 is 0. The Balaban J connectivity index is 1.35. The predicted molar refractivity (Wildman–Crippen MR) is 124 cm³/mol. The molecule has 0 radical (unpaired) electrons. The number of para-hydroxylation sites is 1. The van der Waals surface area contributed by atoms with E-state index in [9.17, 15) is 14.4 Å². The highest BCUT2D eigenvalue weighted by Gasteiger charge is 2.27. The van der Waals surface area contributed by atoms with Crippen LogP contribution in [0.25, 0.3) is 27.9 Å². The molecule has 32 heavy (non-hydrogen) atoms. The molecular weight excluding hydrogens is 404 g/mol. The first-order valence-electron chi connectivity index (χ1n) is 10.2. The van der Waals surface area contributed by atoms with Crippen molar-refractivity contribution in [1.29, 1.82) is 0 Å². The Labute approximate surface area is 183 Å². The van der Waals surface area contributed by atoms with Crippen molar-refractivity contribution in [2.45, 2.75) is 6.54 Å². The van der Waals surface area contributed by atoms with Crippen molar-refractivity contribution in [3.05, 3.63) is 83.4 Å². The number of urea groups is 1. The van der Waals surface area contributed by atoms with Gasteiger partial charge >= 0.3 is 6.03 Å². The topological polar surface area (TPSA) is 94.3 Å². The van der Waals surface area contributed by atoms with Crippen LogP contribution >= 0.6 is 0 Å². The summed E-state index contributed by atoms with van der Waals surface area (Å²) in [6.45, 7) is 0.725. The molecule has 0 atom stereocenters. The van der Waals surface area contributed by atoms with E-state index in [0.717, 1.165) is 23.3 Å². The van der Waals surface area contributed by atoms with Crippen LogP contribution in [-0.4, -0.2) is 29.9 Å². The number of rotatable bonds is 4. The number of imide groups is 2. The molecule has 4 aromatic rings. The van der Waals surface area contributed by atoms with Crippen molar-refractivity contribution < 1.29 is 14.4 Å². The molecule has 0 unspecified atom stereocenters. The van der Waals surface area contributed by atoms with Gasteiger partial charge in [0.05, 0.1) is 0 Å². The maximum atomic E-state index is 11.9. The Morgan fingerprint density at radius 1 is 0.812 bits per heavy atom. The van der Waals surface area contributed by atoms with Gasteiger partial charge in [0.2, 0.25) is 0 Å². The van der Waals surface area contributed by atoms with E-state index in [2.05, 4.69) is 50.8 Å². The van der Waals surface area contributed by atoms with Crippen molar-refractivity contribution >= 4 is 51.4 Å². The predicted octanol–water partition coefficient (Wildman–Crippen LogP) is 3.71. The molecule has 3 aromatic carbocycles. The number of aromatic amines is 1. The molecule has 4 amide bonds. The quantitative estimate of drug-likeness (QED) is 0.344. The number of nitrogens with zero attached hydrogens (tertiary/aromatic N) is 1. The van der Waals surface area contributed by atoms with E-state index in [0.29, 0.717) is 5.56 Å². The number of H-pyrrole nitrogens is 1. The first-order valence-corrected chi connectivity index (χ1v) is 10.2. The third-order valence-corrected chi connectivity index (χ3v) is 5.58. The van der Waals surface area contributed by atoms with Gasteiger partial charge in [0.1, 0.15) is 5.57 Å². The van der Waals surface area contributed by atoms with E-state index in [-0.39, 0.29) is 5.57 Å². The molecule has 1 fully saturated rings. The van der Waals surface area contributed by atoms with E-state index in [1.807, 2.05) is 43.4 Å². The molecule has 0 saturated carbocycles. The summed E-state index contributed by atoms with van der Waals surface area (Å²) < 4.78 is 0. The van der Waals surface area contributed by atoms with Crippen molar-refractivity contribution in [3.63, 3.8) is 0 Å². The third kappa shape index (κ3) is 3.60. The number of benzene rings is 3. The second-order valence-corrected chi connectivity index (χ2v) is 7.79. The minimum absolute atomic E-state index is 0.0993. The highest BCUT2D eigenvalue weighted by atomic mass is 16.2. The summed E-state index contributed by atoms with van der Waals surface area (Å²) in [6, 6.07) is 21.4. The second-order valence-electron chi connectivity index (χ2n) is 7.79. The maximum absolute atomic E-state index is 11.9. The van der Waals surface area contributed by atoms with E-state index in [1.54, 1.807) is 0 Å². The fourth-order valence-corrected chi connectivity index (χ4v) is 3.96. The summed E-state index contributed by atoms with van der Waals surface area (Å²) in [5.41, 5.74) is 5.03. The average Bonchev–Trinajstić information content (AvgIpc) is 3.15. The van der Waals surface area contributed by atoms with Crippen LogP contribution in [0.15, 0.2) is 72.3 Å². The number of anilines is 1. The summed E-state index contributed by atoms with van der Waals surface area (Å²) in [5, 5.41) is 6.55. The zero-order chi connectivity index (χ0) is 22.2. The fraction of sp³-hybridized carbons (Fsp3) is 0.0800. The smallest absolute Gasteiger partial charge is 0.328 e. The number of carbonyl (C=O) groups is 3. The van der Waals surface area contributed by atoms with Gasteiger partial charge in [-0.3, -0.25) is 20.2 Å². The number of amides is 4. The first-order chi connectivity index (χ1) is 15.5. The molecule has 3 N–H and O–H groups in total. The molecule has 2 heterocycles. The monoisotopic (exact) mass is 424 g/mol. The van der Waals surface area contributed by atoms with Gasteiger partial charge in [0, 0.05) is 41.1 Å². The number of hydrogen-bond acceptors (Lipinski definition) is 4. The molecule has 1 aliphatic heterocycles. The van der Waals surface area contributed by atoms with Crippen LogP contribution in [0.1, 0.15) is 11.1 Å². The summed E-state index contributed by atoms with van der Waals surface area (Å²) in [5.74, 6) is -1.40. The molecule has 7 nitrogen and oxygen atoms in total. The zero-order valence-corrected chi connectivity index (χ0v) is 17.3. The normalized spacial score (nSPS) is 13.9. The molecular formula is C25H20N4O3. The standard InChI is InChI=1S/C25H20N4O3/c1-29(14-16-8-11-22-19(13-16)18-4-2-3-5-21(18)26-22)17-9-6-15(7-10-17)12-20-23(30)27-25(32)28-24(20)31/h2-13,26H,14H2,1H3,(H2,27,28,30,31,32). The zero-order valence-electron chi connectivity index (χ0n) is 17.3. The third-order valence-electron chi connectivity index (χ3n) is 5.58. The Morgan fingerprint density at radius 2 is 1.50 bits per heavy atom. The average molecular weight is 424 g/mol. The molecule has 7 heteroatoms. The van der Waals surface area contributed by atoms with Gasteiger partial charge in [-0.1, -0.05) is 36.4 Å². The van der Waals surface area contributed by atoms with Crippen molar-refractivity contribution in [3.8, 4) is 0 Å². The van der Waals surface area contributed by atoms with Crippen LogP contribution in [0.4, 0.5) is 10.5 Å². The molecule has 0 aliphatic carbocycles. The lowest BCUT2D eigenvalue weighted by Crippen LogP contribution is -2.51. The molecule has 1 aromatic heterocycles. The first kappa shape index (κ1) is 19.6. The highest BCUT2D eigenvalue weighted by molar-refractivity contribution is 6.31. The van der Waals surface area contributed by atoms with Gasteiger partial charge < -0.3 is 9.88 Å². The molecule has 1 aliphatic rings. The number of hydrogen-bond donors (Lipinski definition) is 3. The Morgan fingerprint density at radius 3 is 2.25 bits per heavy atom. The number of aromatic nitrogens is 1. The van der Waals surface area contributed by atoms with Crippen molar-refractivity contribution in [2.24, 2.45) is 0 Å². The Hall–Kier alpha value is -4.39. The lowest BCUT2D eigenvalue weighted by atomic mass is 10.1. The Bertz CT molecular complexity index is 1390. The maximum Gasteiger partial charge on any atom is 0.328 e. The van der Waals surface area contributed by atoms with Gasteiger partial charge in [0.15, 0.2) is 0 Å². The molecule has 0 spiro atoms. The van der Waals surface area contributed by atoms with Crippen LogP contribution in [0.3, 0.4) is 0 Å². The van der Waals surface area contributed by atoms with Gasteiger partial charge in [-0.2, -0.15) is 0 Å². The SMILES string of the molecule is CN(Cc1ccc2[nH]c3ccccc3c2c1)c1ccc(C=C2C(=O)NC(=O)NC2=O)cc1. The lowest BCUT2D eigenvalue weighted by Gasteiger charge is -2.20. The summed E-state index contributed by atoms with van der Waals surface area (Å²) in [7, 11) is 2.01. The highest BCUT2D eigenvalue weighted by Crippen LogP contribution is 2.27. The van der Waals surface area contributed by atoms with E-state index >= 15 is 0 Å². The second kappa shape index (κ2) is 7.70. The van der Waals surface area contributed by atoms with Crippen molar-refractivity contribution in [1.82, 2.24) is 15.6 Å². The minimum Gasteiger partial charge on any atom is -0.370 e. The number of fused-ring (bicyclic) bond motifs is 3. The summed E-state index contributed by atoms with van der Waals surface area (Å²) in [4.78, 5) is 40.5. The van der Waals surface area contributed by atoms with E-state index in [4.69, 9.17) is 0 Å². The lowest BCUT2D eigenvalue weighted by molar-refractivity contribution is -0.123. The van der Waals surface area contributed by atoms with Crippen LogP contribution in [0.5, 0.6) is 0 Å². The van der Waals surface area contributed by atoms with Crippen molar-refractivity contribution in [2.75, 3.05) is 11.9 Å². The van der Waals surface area contributed by atoms with Crippen LogP contribution in [-0.2, 0) is 16.1 Å². The summed E-state index contributed by atoms with van der Waals surface area (Å²) in [6.07, 6.45) is 1.46. The van der Waals surface area contributed by atoms with Crippen LogP contribution < -0.4 is 15.5 Å². The van der Waals surface area contributed by atoms with E-state index in [1.165, 1.54) is 22.4 Å². The van der Waals surface area contributed by atoms with Gasteiger partial charge in [0.25, 0.3) is 11.8 Å². The van der Waals surface area contributed by atoms with Gasteiger partial charge in [-0.05, 0) is 47.5 Å². The molecule has 0 bridgehead atoms. The number of barbiturate groups is 1. The van der Waals surface area contributed by atoms with Gasteiger partial charge in [-0.25, -0.2) is 4.79 Å². The van der Waals surface area contributed by atoms with Crippen LogP contribution in [0, 0.1) is 0 Å². The number of nitrogens with one attached hydrogen (secondary N) is 3. The molecule has 5 rings (SSSR count). The minimum atomic E-state index is -0.806. The molecule has 1 saturated heterocycles. The Kier molecular flexibility index (Phi) is 4.71. The van der Waals surface area contributed by atoms with Gasteiger partial charge in [-0.15, -0.1) is 0 Å². The largest absolute Gasteiger partial charge is 0.370 e. The van der Waals surface area contributed by atoms with E-state index < -0.39 is 17.8 Å². The van der Waals surface area contributed by atoms with Crippen LogP contribution in [0.2, 0.25) is 0 Å². The number of carbonyl (C=O) groups excluding carboxylic acids is 3. The molecule has 158 valence electrons.